The van der Waals surface area contributed by atoms with Gasteiger partial charge in [-0.1, -0.05) is 19.4 Å². The van der Waals surface area contributed by atoms with Gasteiger partial charge in [0.05, 0.1) is 12.7 Å². The molecule has 1 heterocycles. The molecule has 4 nitrogen and oxygen atoms in total. The minimum Gasteiger partial charge on any atom is -0.475 e. The van der Waals surface area contributed by atoms with Crippen molar-refractivity contribution >= 4 is 16.9 Å². The van der Waals surface area contributed by atoms with Gasteiger partial charge in [-0.2, -0.15) is 0 Å². The molecule has 0 spiro atoms. The van der Waals surface area contributed by atoms with Crippen LogP contribution >= 0.6 is 0 Å². The minimum absolute atomic E-state index is 0.0348. The van der Waals surface area contributed by atoms with E-state index in [0.29, 0.717) is 12.2 Å². The highest BCUT2D eigenvalue weighted by atomic mass is 16.5. The molecule has 1 N–H and O–H groups in total. The van der Waals surface area contributed by atoms with Gasteiger partial charge >= 0.3 is 5.97 Å². The van der Waals surface area contributed by atoms with Crippen molar-refractivity contribution in [3.05, 3.63) is 35.6 Å². The molecule has 1 unspecified atom stereocenters. The monoisotopic (exact) mass is 262 g/mol. The summed E-state index contributed by atoms with van der Waals surface area (Å²) in [5.74, 6) is -1.09. The molecular formula is C15H18O4. The number of hydrogen-bond donors (Lipinski definition) is 1. The Morgan fingerprint density at radius 2 is 2.21 bits per heavy atom. The van der Waals surface area contributed by atoms with E-state index in [4.69, 9.17) is 14.3 Å². The van der Waals surface area contributed by atoms with Crippen LogP contribution in [0.1, 0.15) is 42.8 Å². The van der Waals surface area contributed by atoms with E-state index in [9.17, 15) is 4.79 Å². The van der Waals surface area contributed by atoms with E-state index >= 15 is 0 Å². The van der Waals surface area contributed by atoms with Gasteiger partial charge in [0.1, 0.15) is 5.58 Å². The largest absolute Gasteiger partial charge is 0.475 e. The zero-order chi connectivity index (χ0) is 13.8. The van der Waals surface area contributed by atoms with Gasteiger partial charge in [0.25, 0.3) is 0 Å². The summed E-state index contributed by atoms with van der Waals surface area (Å²) in [5, 5.41) is 9.67. The van der Waals surface area contributed by atoms with Gasteiger partial charge in [-0.25, -0.2) is 4.79 Å². The molecule has 0 aliphatic carbocycles. The summed E-state index contributed by atoms with van der Waals surface area (Å²) in [7, 11) is 0. The number of carbonyl (C=O) groups is 1. The van der Waals surface area contributed by atoms with E-state index in [1.54, 1.807) is 6.07 Å². The van der Waals surface area contributed by atoms with Gasteiger partial charge in [0.2, 0.25) is 5.76 Å². The van der Waals surface area contributed by atoms with Crippen molar-refractivity contribution in [3.8, 4) is 0 Å². The molecule has 0 fully saturated rings. The maximum absolute atomic E-state index is 10.8. The number of rotatable bonds is 6. The summed E-state index contributed by atoms with van der Waals surface area (Å²) < 4.78 is 10.9. The van der Waals surface area contributed by atoms with Crippen molar-refractivity contribution in [2.45, 2.75) is 39.4 Å². The average molecular weight is 262 g/mol. The first-order valence-corrected chi connectivity index (χ1v) is 6.47. The maximum Gasteiger partial charge on any atom is 0.371 e. The molecule has 0 aliphatic rings. The topological polar surface area (TPSA) is 59.7 Å². The van der Waals surface area contributed by atoms with Crippen LogP contribution in [0, 0.1) is 0 Å². The summed E-state index contributed by atoms with van der Waals surface area (Å²) in [6.07, 6.45) is 2.38. The van der Waals surface area contributed by atoms with Crippen molar-refractivity contribution < 1.29 is 19.1 Å². The van der Waals surface area contributed by atoms with Crippen molar-refractivity contribution in [2.24, 2.45) is 0 Å². The van der Waals surface area contributed by atoms with E-state index in [-0.39, 0.29) is 11.9 Å². The molecule has 2 rings (SSSR count). The molecule has 1 aromatic heterocycles. The summed E-state index contributed by atoms with van der Waals surface area (Å²) in [5.41, 5.74) is 1.61. The third-order valence-corrected chi connectivity index (χ3v) is 3.02. The molecule has 1 aromatic carbocycles. The zero-order valence-corrected chi connectivity index (χ0v) is 11.2. The first-order valence-electron chi connectivity index (χ1n) is 6.47. The van der Waals surface area contributed by atoms with Crippen LogP contribution in [0.25, 0.3) is 11.0 Å². The van der Waals surface area contributed by atoms with Crippen LogP contribution in [0.4, 0.5) is 0 Å². The summed E-state index contributed by atoms with van der Waals surface area (Å²) in [4.78, 5) is 10.8. The predicted octanol–water partition coefficient (Wildman–Crippen LogP) is 3.84. The number of carboxylic acids is 1. The Morgan fingerprint density at radius 1 is 1.42 bits per heavy atom. The van der Waals surface area contributed by atoms with Crippen LogP contribution in [-0.4, -0.2) is 17.2 Å². The fourth-order valence-electron chi connectivity index (χ4n) is 2.02. The summed E-state index contributed by atoms with van der Waals surface area (Å²) >= 11 is 0. The highest BCUT2D eigenvalue weighted by Crippen LogP contribution is 2.21. The van der Waals surface area contributed by atoms with E-state index in [1.165, 1.54) is 6.07 Å². The molecule has 0 aliphatic heterocycles. The van der Waals surface area contributed by atoms with Crippen LogP contribution in [0.15, 0.2) is 28.7 Å². The number of carboxylic acid groups (broad SMARTS) is 1. The first kappa shape index (κ1) is 13.6. The fraction of sp³-hybridized carbons (Fsp3) is 0.400. The molecule has 2 aromatic rings. The standard InChI is InChI=1S/C15H18O4/c1-3-4-10(2)18-9-11-5-6-13-12(7-11)8-14(19-13)15(16)17/h5-8,10H,3-4,9H2,1-2H3,(H,16,17). The number of fused-ring (bicyclic) bond motifs is 1. The van der Waals surface area contributed by atoms with Crippen LogP contribution in [0.5, 0.6) is 0 Å². The molecular weight excluding hydrogens is 244 g/mol. The Hall–Kier alpha value is -1.81. The molecule has 0 radical (unpaired) electrons. The molecule has 102 valence electrons. The first-order chi connectivity index (χ1) is 9.10. The SMILES string of the molecule is CCCC(C)OCc1ccc2oc(C(=O)O)cc2c1. The summed E-state index contributed by atoms with van der Waals surface area (Å²) in [6, 6.07) is 7.13. The normalized spacial score (nSPS) is 12.7. The van der Waals surface area contributed by atoms with E-state index < -0.39 is 5.97 Å². The lowest BCUT2D eigenvalue weighted by Gasteiger charge is -2.11. The number of ether oxygens (including phenoxy) is 1. The molecule has 1 atom stereocenters. The number of hydrogen-bond acceptors (Lipinski definition) is 3. The van der Waals surface area contributed by atoms with Gasteiger partial charge in [-0.05, 0) is 37.1 Å². The van der Waals surface area contributed by atoms with Crippen LogP contribution in [0.2, 0.25) is 0 Å². The van der Waals surface area contributed by atoms with Crippen molar-refractivity contribution in [1.82, 2.24) is 0 Å². The predicted molar refractivity (Wildman–Crippen MR) is 72.3 cm³/mol. The number of benzene rings is 1. The second kappa shape index (κ2) is 5.89. The van der Waals surface area contributed by atoms with Crippen molar-refractivity contribution in [2.75, 3.05) is 0 Å². The number of furan rings is 1. The van der Waals surface area contributed by atoms with Crippen LogP contribution in [0.3, 0.4) is 0 Å². The third kappa shape index (κ3) is 3.35. The van der Waals surface area contributed by atoms with Crippen LogP contribution in [-0.2, 0) is 11.3 Å². The van der Waals surface area contributed by atoms with E-state index in [0.717, 1.165) is 23.8 Å². The van der Waals surface area contributed by atoms with Gasteiger partial charge < -0.3 is 14.3 Å². The van der Waals surface area contributed by atoms with E-state index in [2.05, 4.69) is 13.8 Å². The molecule has 4 heteroatoms. The zero-order valence-electron chi connectivity index (χ0n) is 11.2. The maximum atomic E-state index is 10.8. The quantitative estimate of drug-likeness (QED) is 0.859. The Kier molecular flexibility index (Phi) is 4.22. The highest BCUT2D eigenvalue weighted by molar-refractivity contribution is 5.91. The fourth-order valence-corrected chi connectivity index (χ4v) is 2.02. The van der Waals surface area contributed by atoms with Crippen molar-refractivity contribution in [3.63, 3.8) is 0 Å². The van der Waals surface area contributed by atoms with E-state index in [1.807, 2.05) is 12.1 Å². The second-order valence-electron chi connectivity index (χ2n) is 4.70. The summed E-state index contributed by atoms with van der Waals surface area (Å²) in [6.45, 7) is 4.72. The Morgan fingerprint density at radius 3 is 2.89 bits per heavy atom. The Bertz CT molecular complexity index is 571. The van der Waals surface area contributed by atoms with Gasteiger partial charge in [-0.15, -0.1) is 0 Å². The smallest absolute Gasteiger partial charge is 0.371 e. The van der Waals surface area contributed by atoms with Crippen molar-refractivity contribution in [1.29, 1.82) is 0 Å². The highest BCUT2D eigenvalue weighted by Gasteiger charge is 2.10. The van der Waals surface area contributed by atoms with Crippen LogP contribution < -0.4 is 0 Å². The molecule has 19 heavy (non-hydrogen) atoms. The molecule has 0 bridgehead atoms. The average Bonchev–Trinajstić information content (AvgIpc) is 2.80. The second-order valence-corrected chi connectivity index (χ2v) is 4.70. The Balaban J connectivity index is 2.10. The third-order valence-electron chi connectivity index (χ3n) is 3.02. The van der Waals surface area contributed by atoms with Gasteiger partial charge in [0.15, 0.2) is 0 Å². The number of aromatic carboxylic acids is 1. The lowest BCUT2D eigenvalue weighted by molar-refractivity contribution is 0.0472. The molecule has 0 amide bonds. The molecule has 0 saturated heterocycles. The minimum atomic E-state index is -1.05. The van der Waals surface area contributed by atoms with Gasteiger partial charge in [0, 0.05) is 5.39 Å². The lowest BCUT2D eigenvalue weighted by atomic mass is 10.1. The Labute approximate surface area is 112 Å². The molecule has 0 saturated carbocycles. The van der Waals surface area contributed by atoms with Gasteiger partial charge in [-0.3, -0.25) is 0 Å². The lowest BCUT2D eigenvalue weighted by Crippen LogP contribution is -2.07.